The van der Waals surface area contributed by atoms with Gasteiger partial charge in [-0.1, -0.05) is 30.3 Å². The molecule has 0 aliphatic rings. The third-order valence-corrected chi connectivity index (χ3v) is 3.04. The Bertz CT molecular complexity index is 572. The van der Waals surface area contributed by atoms with E-state index >= 15 is 0 Å². The topological polar surface area (TPSA) is 62.1 Å². The fraction of sp³-hybridized carbons (Fsp3) is 0.0769. The van der Waals surface area contributed by atoms with E-state index in [-0.39, 0.29) is 6.61 Å². The van der Waals surface area contributed by atoms with Gasteiger partial charge < -0.3 is 4.74 Å². The van der Waals surface area contributed by atoms with E-state index in [0.717, 1.165) is 5.56 Å². The van der Waals surface area contributed by atoms with Crippen molar-refractivity contribution in [2.75, 3.05) is 5.32 Å². The van der Waals surface area contributed by atoms with Gasteiger partial charge in [-0.05, 0) is 17.0 Å². The molecule has 90 valence electrons. The van der Waals surface area contributed by atoms with Crippen molar-refractivity contribution in [3.8, 4) is 6.07 Å². The molecular formula is C13H10N2O2S. The number of carbonyl (C=O) groups is 1. The molecule has 0 fully saturated rings. The van der Waals surface area contributed by atoms with Gasteiger partial charge in [-0.25, -0.2) is 4.79 Å². The van der Waals surface area contributed by atoms with Gasteiger partial charge in [0, 0.05) is 0 Å². The molecule has 0 saturated heterocycles. The van der Waals surface area contributed by atoms with Crippen LogP contribution < -0.4 is 5.32 Å². The van der Waals surface area contributed by atoms with Crippen LogP contribution in [0.25, 0.3) is 0 Å². The molecule has 0 spiro atoms. The summed E-state index contributed by atoms with van der Waals surface area (Å²) in [4.78, 5) is 11.5. The predicted molar refractivity (Wildman–Crippen MR) is 69.3 cm³/mol. The molecular weight excluding hydrogens is 248 g/mol. The van der Waals surface area contributed by atoms with E-state index in [1.165, 1.54) is 11.3 Å². The maximum Gasteiger partial charge on any atom is 0.412 e. The summed E-state index contributed by atoms with van der Waals surface area (Å²) in [6, 6.07) is 13.0. The van der Waals surface area contributed by atoms with Crippen LogP contribution in [-0.2, 0) is 11.3 Å². The van der Waals surface area contributed by atoms with E-state index in [1.807, 2.05) is 36.4 Å². The standard InChI is InChI=1S/C13H10N2O2S/c14-8-11-6-7-18-12(11)15-13(16)17-9-10-4-2-1-3-5-10/h1-7H,9H2,(H,15,16). The van der Waals surface area contributed by atoms with Gasteiger partial charge in [-0.2, -0.15) is 5.26 Å². The first-order chi connectivity index (χ1) is 8.79. The summed E-state index contributed by atoms with van der Waals surface area (Å²) in [6.07, 6.45) is -0.558. The number of ether oxygens (including phenoxy) is 1. The van der Waals surface area contributed by atoms with Crippen LogP contribution in [-0.4, -0.2) is 6.09 Å². The number of hydrogen-bond acceptors (Lipinski definition) is 4. The summed E-state index contributed by atoms with van der Waals surface area (Å²) in [5, 5.41) is 13.6. The highest BCUT2D eigenvalue weighted by atomic mass is 32.1. The molecule has 1 heterocycles. The number of nitrogens with zero attached hydrogens (tertiary/aromatic N) is 1. The summed E-state index contributed by atoms with van der Waals surface area (Å²) < 4.78 is 5.05. The fourth-order valence-electron chi connectivity index (χ4n) is 1.35. The van der Waals surface area contributed by atoms with E-state index in [4.69, 9.17) is 10.00 Å². The van der Waals surface area contributed by atoms with Crippen LogP contribution in [0.15, 0.2) is 41.8 Å². The maximum absolute atomic E-state index is 11.5. The van der Waals surface area contributed by atoms with Gasteiger partial charge in [0.2, 0.25) is 0 Å². The monoisotopic (exact) mass is 258 g/mol. The second-order valence-corrected chi connectivity index (χ2v) is 4.38. The maximum atomic E-state index is 11.5. The predicted octanol–water partition coefficient (Wildman–Crippen LogP) is 3.37. The number of nitrogens with one attached hydrogen (secondary N) is 1. The average Bonchev–Trinajstić information content (AvgIpc) is 2.85. The average molecular weight is 258 g/mol. The second-order valence-electron chi connectivity index (χ2n) is 3.46. The Morgan fingerprint density at radius 3 is 2.83 bits per heavy atom. The number of nitriles is 1. The lowest BCUT2D eigenvalue weighted by Gasteiger charge is -2.05. The molecule has 0 aliphatic heterocycles. The van der Waals surface area contributed by atoms with Gasteiger partial charge in [0.1, 0.15) is 17.7 Å². The zero-order valence-corrected chi connectivity index (χ0v) is 10.2. The highest BCUT2D eigenvalue weighted by Gasteiger charge is 2.08. The molecule has 0 radical (unpaired) electrons. The lowest BCUT2D eigenvalue weighted by Crippen LogP contribution is -2.13. The number of carbonyl (C=O) groups excluding carboxylic acids is 1. The molecule has 1 aromatic heterocycles. The molecule has 0 unspecified atom stereocenters. The lowest BCUT2D eigenvalue weighted by molar-refractivity contribution is 0.155. The van der Waals surface area contributed by atoms with Crippen LogP contribution >= 0.6 is 11.3 Å². The van der Waals surface area contributed by atoms with Crippen molar-refractivity contribution < 1.29 is 9.53 Å². The minimum Gasteiger partial charge on any atom is -0.444 e. The van der Waals surface area contributed by atoms with Gasteiger partial charge in [-0.15, -0.1) is 11.3 Å². The summed E-state index contributed by atoms with van der Waals surface area (Å²) >= 11 is 1.29. The Morgan fingerprint density at radius 2 is 2.11 bits per heavy atom. The summed E-state index contributed by atoms with van der Waals surface area (Å²) in [5.74, 6) is 0. The van der Waals surface area contributed by atoms with Crippen LogP contribution in [0, 0.1) is 11.3 Å². The highest BCUT2D eigenvalue weighted by Crippen LogP contribution is 2.22. The van der Waals surface area contributed by atoms with Crippen molar-refractivity contribution >= 4 is 22.4 Å². The van der Waals surface area contributed by atoms with Crippen molar-refractivity contribution in [3.63, 3.8) is 0 Å². The van der Waals surface area contributed by atoms with Crippen molar-refractivity contribution in [2.24, 2.45) is 0 Å². The van der Waals surface area contributed by atoms with E-state index in [0.29, 0.717) is 10.6 Å². The molecule has 2 rings (SSSR count). The number of amides is 1. The van der Waals surface area contributed by atoms with Crippen LogP contribution in [0.1, 0.15) is 11.1 Å². The summed E-state index contributed by atoms with van der Waals surface area (Å²) in [6.45, 7) is 0.208. The van der Waals surface area contributed by atoms with Gasteiger partial charge in [0.05, 0.1) is 5.56 Å². The highest BCUT2D eigenvalue weighted by molar-refractivity contribution is 7.14. The normalized spacial score (nSPS) is 9.50. The van der Waals surface area contributed by atoms with E-state index in [1.54, 1.807) is 11.4 Å². The fourth-order valence-corrected chi connectivity index (χ4v) is 2.07. The minimum absolute atomic E-state index is 0.208. The third kappa shape index (κ3) is 3.09. The third-order valence-electron chi connectivity index (χ3n) is 2.21. The summed E-state index contributed by atoms with van der Waals surface area (Å²) in [7, 11) is 0. The zero-order chi connectivity index (χ0) is 12.8. The molecule has 1 N–H and O–H groups in total. The zero-order valence-electron chi connectivity index (χ0n) is 9.42. The van der Waals surface area contributed by atoms with Crippen molar-refractivity contribution in [1.82, 2.24) is 0 Å². The lowest BCUT2D eigenvalue weighted by atomic mass is 10.2. The molecule has 5 heteroatoms. The van der Waals surface area contributed by atoms with Crippen LogP contribution in [0.3, 0.4) is 0 Å². The SMILES string of the molecule is N#Cc1ccsc1NC(=O)OCc1ccccc1. The molecule has 0 bridgehead atoms. The Morgan fingerprint density at radius 1 is 1.33 bits per heavy atom. The van der Waals surface area contributed by atoms with Crippen LogP contribution in [0.5, 0.6) is 0 Å². The first-order valence-electron chi connectivity index (χ1n) is 5.25. The first-order valence-corrected chi connectivity index (χ1v) is 6.13. The molecule has 4 nitrogen and oxygen atoms in total. The molecule has 18 heavy (non-hydrogen) atoms. The van der Waals surface area contributed by atoms with E-state index in [9.17, 15) is 4.79 Å². The minimum atomic E-state index is -0.558. The number of anilines is 1. The number of rotatable bonds is 3. The van der Waals surface area contributed by atoms with Gasteiger partial charge in [-0.3, -0.25) is 5.32 Å². The molecule has 0 aliphatic carbocycles. The van der Waals surface area contributed by atoms with Crippen LogP contribution in [0.4, 0.5) is 9.80 Å². The smallest absolute Gasteiger partial charge is 0.412 e. The van der Waals surface area contributed by atoms with Crippen molar-refractivity contribution in [1.29, 1.82) is 5.26 Å². The Balaban J connectivity index is 1.88. The van der Waals surface area contributed by atoms with Gasteiger partial charge in [0.25, 0.3) is 0 Å². The quantitative estimate of drug-likeness (QED) is 0.918. The molecule has 1 aromatic carbocycles. The molecule has 2 aromatic rings. The largest absolute Gasteiger partial charge is 0.444 e. The molecule has 0 atom stereocenters. The second kappa shape index (κ2) is 5.84. The van der Waals surface area contributed by atoms with Crippen molar-refractivity contribution in [2.45, 2.75) is 6.61 Å². The number of hydrogen-bond donors (Lipinski definition) is 1. The van der Waals surface area contributed by atoms with Crippen LogP contribution in [0.2, 0.25) is 0 Å². The summed E-state index contributed by atoms with van der Waals surface area (Å²) in [5.41, 5.74) is 1.36. The van der Waals surface area contributed by atoms with Crippen molar-refractivity contribution in [3.05, 3.63) is 52.9 Å². The Labute approximate surface area is 108 Å². The van der Waals surface area contributed by atoms with E-state index in [2.05, 4.69) is 5.32 Å². The first kappa shape index (κ1) is 12.1. The molecule has 0 saturated carbocycles. The van der Waals surface area contributed by atoms with E-state index < -0.39 is 6.09 Å². The Kier molecular flexibility index (Phi) is 3.94. The van der Waals surface area contributed by atoms with Gasteiger partial charge in [0.15, 0.2) is 0 Å². The number of thiophene rings is 1. The Hall–Kier alpha value is -2.32. The number of benzene rings is 1. The molecule has 1 amide bonds. The van der Waals surface area contributed by atoms with Gasteiger partial charge >= 0.3 is 6.09 Å².